The molecule has 1 aliphatic carbocycles. The average molecular weight is 321 g/mol. The first-order chi connectivity index (χ1) is 8.69. The van der Waals surface area contributed by atoms with Crippen LogP contribution in [0.1, 0.15) is 37.9 Å². The van der Waals surface area contributed by atoms with Gasteiger partial charge in [0.05, 0.1) is 12.1 Å². The van der Waals surface area contributed by atoms with Crippen LogP contribution in [0.2, 0.25) is 0 Å². The molecule has 1 saturated carbocycles. The van der Waals surface area contributed by atoms with E-state index in [-0.39, 0.29) is 30.7 Å². The maximum atomic E-state index is 12.6. The molecule has 1 aliphatic heterocycles. The number of aromatic nitrogens is 2. The molecule has 5 nitrogen and oxygen atoms in total. The first-order valence-electron chi connectivity index (χ1n) is 6.77. The number of nitrogens with zero attached hydrogens (tertiary/aromatic N) is 3. The third kappa shape index (κ3) is 3.10. The zero-order valence-electron chi connectivity index (χ0n) is 11.5. The molecule has 0 bridgehead atoms. The van der Waals surface area contributed by atoms with Crippen molar-refractivity contribution in [3.05, 3.63) is 18.2 Å². The summed E-state index contributed by atoms with van der Waals surface area (Å²) in [6, 6.07) is 0. The van der Waals surface area contributed by atoms with Crippen molar-refractivity contribution in [1.29, 1.82) is 0 Å². The van der Waals surface area contributed by atoms with Gasteiger partial charge in [-0.2, -0.15) is 0 Å². The first-order valence-corrected chi connectivity index (χ1v) is 6.77. The summed E-state index contributed by atoms with van der Waals surface area (Å²) in [5.74, 6) is 1.09. The zero-order chi connectivity index (χ0) is 12.6. The molecular weight excluding hydrogens is 299 g/mol. The number of carbonyl (C=O) groups excluding carboxylic acids is 1. The largest absolute Gasteiger partial charge is 0.332 e. The Morgan fingerprint density at radius 1 is 1.20 bits per heavy atom. The highest BCUT2D eigenvalue weighted by Gasteiger charge is 2.39. The van der Waals surface area contributed by atoms with E-state index < -0.39 is 5.54 Å². The highest BCUT2D eigenvalue weighted by molar-refractivity contribution is 5.86. The fraction of sp³-hybridized carbons (Fsp3) is 0.692. The van der Waals surface area contributed by atoms with Crippen molar-refractivity contribution >= 4 is 30.7 Å². The number of amides is 1. The van der Waals surface area contributed by atoms with Crippen LogP contribution in [-0.4, -0.2) is 32.4 Å². The standard InChI is InChI=1S/C13H20N4O.2ClH/c14-13(4-2-1-3-5-13)12(18)17-9-8-16-7-6-15-11(16)10-17;;/h6-7H,1-5,8-10,14H2;2*1H. The molecule has 0 spiro atoms. The van der Waals surface area contributed by atoms with E-state index in [4.69, 9.17) is 5.73 Å². The zero-order valence-corrected chi connectivity index (χ0v) is 13.1. The molecule has 1 aromatic rings. The monoisotopic (exact) mass is 320 g/mol. The number of hydrogen-bond acceptors (Lipinski definition) is 3. The quantitative estimate of drug-likeness (QED) is 0.857. The predicted octanol–water partition coefficient (Wildman–Crippen LogP) is 1.73. The molecule has 0 aromatic carbocycles. The minimum absolute atomic E-state index is 0. The molecular formula is C13H22Cl2N4O. The maximum absolute atomic E-state index is 12.6. The normalized spacial score (nSPS) is 20.4. The Balaban J connectivity index is 0.000001000. The summed E-state index contributed by atoms with van der Waals surface area (Å²) < 4.78 is 2.11. The van der Waals surface area contributed by atoms with Gasteiger partial charge in [-0.1, -0.05) is 19.3 Å². The second-order valence-corrected chi connectivity index (χ2v) is 5.48. The number of imidazole rings is 1. The van der Waals surface area contributed by atoms with Crippen molar-refractivity contribution in [2.75, 3.05) is 6.54 Å². The third-order valence-corrected chi connectivity index (χ3v) is 4.20. The van der Waals surface area contributed by atoms with Crippen LogP contribution < -0.4 is 5.73 Å². The van der Waals surface area contributed by atoms with Crippen molar-refractivity contribution in [2.24, 2.45) is 5.73 Å². The van der Waals surface area contributed by atoms with Crippen LogP contribution in [-0.2, 0) is 17.9 Å². The van der Waals surface area contributed by atoms with E-state index in [0.29, 0.717) is 6.54 Å². The fourth-order valence-corrected chi connectivity index (χ4v) is 3.06. The van der Waals surface area contributed by atoms with Crippen molar-refractivity contribution < 1.29 is 4.79 Å². The topological polar surface area (TPSA) is 64.2 Å². The molecule has 0 radical (unpaired) electrons. The Bertz CT molecular complexity index is 457. The van der Waals surface area contributed by atoms with Crippen LogP contribution in [0.5, 0.6) is 0 Å². The lowest BCUT2D eigenvalue weighted by Crippen LogP contribution is -2.57. The molecule has 2 aliphatic rings. The summed E-state index contributed by atoms with van der Waals surface area (Å²) in [7, 11) is 0. The Morgan fingerprint density at radius 2 is 1.90 bits per heavy atom. The van der Waals surface area contributed by atoms with Gasteiger partial charge in [0.15, 0.2) is 0 Å². The van der Waals surface area contributed by atoms with E-state index in [2.05, 4.69) is 9.55 Å². The SMILES string of the molecule is Cl.Cl.NC1(C(=O)N2CCn3ccnc3C2)CCCCC1. The van der Waals surface area contributed by atoms with Gasteiger partial charge in [-0.05, 0) is 12.8 Å². The maximum Gasteiger partial charge on any atom is 0.243 e. The lowest BCUT2D eigenvalue weighted by atomic mass is 9.81. The van der Waals surface area contributed by atoms with E-state index in [0.717, 1.165) is 44.6 Å². The van der Waals surface area contributed by atoms with E-state index >= 15 is 0 Å². The molecule has 7 heteroatoms. The number of carbonyl (C=O) groups is 1. The van der Waals surface area contributed by atoms with Gasteiger partial charge in [0.25, 0.3) is 0 Å². The Kier molecular flexibility index (Phi) is 5.86. The number of halogens is 2. The van der Waals surface area contributed by atoms with Gasteiger partial charge in [0, 0.05) is 25.5 Å². The third-order valence-electron chi connectivity index (χ3n) is 4.20. The lowest BCUT2D eigenvalue weighted by molar-refractivity contribution is -0.139. The Morgan fingerprint density at radius 3 is 2.60 bits per heavy atom. The van der Waals surface area contributed by atoms with E-state index in [1.165, 1.54) is 6.42 Å². The van der Waals surface area contributed by atoms with Crippen LogP contribution >= 0.6 is 24.8 Å². The molecule has 114 valence electrons. The number of nitrogens with two attached hydrogens (primary N) is 1. The van der Waals surface area contributed by atoms with Crippen molar-refractivity contribution in [3.8, 4) is 0 Å². The minimum Gasteiger partial charge on any atom is -0.332 e. The minimum atomic E-state index is -0.618. The van der Waals surface area contributed by atoms with Crippen LogP contribution in [0, 0.1) is 0 Å². The van der Waals surface area contributed by atoms with Gasteiger partial charge >= 0.3 is 0 Å². The first kappa shape index (κ1) is 17.3. The van der Waals surface area contributed by atoms with Gasteiger partial charge in [0.2, 0.25) is 5.91 Å². The van der Waals surface area contributed by atoms with E-state index in [1.54, 1.807) is 6.20 Å². The number of hydrogen-bond donors (Lipinski definition) is 1. The van der Waals surface area contributed by atoms with Crippen molar-refractivity contribution in [2.45, 2.75) is 50.7 Å². The van der Waals surface area contributed by atoms with Crippen LogP contribution in [0.25, 0.3) is 0 Å². The van der Waals surface area contributed by atoms with E-state index in [9.17, 15) is 4.79 Å². The smallest absolute Gasteiger partial charge is 0.243 e. The molecule has 1 aromatic heterocycles. The van der Waals surface area contributed by atoms with Crippen LogP contribution in [0.3, 0.4) is 0 Å². The molecule has 1 fully saturated rings. The summed E-state index contributed by atoms with van der Waals surface area (Å²) in [5.41, 5.74) is 5.69. The fourth-order valence-electron chi connectivity index (χ4n) is 3.06. The second-order valence-electron chi connectivity index (χ2n) is 5.48. The molecule has 2 N–H and O–H groups in total. The molecule has 0 saturated heterocycles. The highest BCUT2D eigenvalue weighted by Crippen LogP contribution is 2.28. The van der Waals surface area contributed by atoms with Gasteiger partial charge < -0.3 is 15.2 Å². The van der Waals surface area contributed by atoms with Gasteiger partial charge in [-0.25, -0.2) is 4.98 Å². The molecule has 0 unspecified atom stereocenters. The van der Waals surface area contributed by atoms with Gasteiger partial charge in [-0.3, -0.25) is 4.79 Å². The summed E-state index contributed by atoms with van der Waals surface area (Å²) in [6.07, 6.45) is 8.78. The van der Waals surface area contributed by atoms with Gasteiger partial charge in [0.1, 0.15) is 5.82 Å². The molecule has 3 rings (SSSR count). The average Bonchev–Trinajstić information content (AvgIpc) is 2.86. The number of rotatable bonds is 1. The molecule has 20 heavy (non-hydrogen) atoms. The summed E-state index contributed by atoms with van der Waals surface area (Å²) in [4.78, 5) is 18.7. The van der Waals surface area contributed by atoms with Crippen LogP contribution in [0.4, 0.5) is 0 Å². The van der Waals surface area contributed by atoms with E-state index in [1.807, 2.05) is 11.1 Å². The second kappa shape index (κ2) is 6.78. The molecule has 0 atom stereocenters. The Hall–Kier alpha value is -0.780. The van der Waals surface area contributed by atoms with Crippen molar-refractivity contribution in [1.82, 2.24) is 14.5 Å². The van der Waals surface area contributed by atoms with Crippen LogP contribution in [0.15, 0.2) is 12.4 Å². The Labute approximate surface area is 131 Å². The van der Waals surface area contributed by atoms with Gasteiger partial charge in [-0.15, -0.1) is 24.8 Å². The predicted molar refractivity (Wildman–Crippen MR) is 82.1 cm³/mol. The summed E-state index contributed by atoms with van der Waals surface area (Å²) in [5, 5.41) is 0. The lowest BCUT2D eigenvalue weighted by Gasteiger charge is -2.38. The summed E-state index contributed by atoms with van der Waals surface area (Å²) in [6.45, 7) is 2.18. The highest BCUT2D eigenvalue weighted by atomic mass is 35.5. The number of fused-ring (bicyclic) bond motifs is 1. The molecule has 1 amide bonds. The van der Waals surface area contributed by atoms with Crippen molar-refractivity contribution in [3.63, 3.8) is 0 Å². The molecule has 2 heterocycles. The summed E-state index contributed by atoms with van der Waals surface area (Å²) >= 11 is 0.